The second-order valence-electron chi connectivity index (χ2n) is 6.78. The molecule has 2 heterocycles. The molecule has 30 heavy (non-hydrogen) atoms. The van der Waals surface area contributed by atoms with Crippen LogP contribution in [0.5, 0.6) is 11.5 Å². The van der Waals surface area contributed by atoms with Crippen LogP contribution in [0.25, 0.3) is 0 Å². The van der Waals surface area contributed by atoms with E-state index in [0.717, 1.165) is 0 Å². The van der Waals surface area contributed by atoms with E-state index in [1.807, 2.05) is 0 Å². The van der Waals surface area contributed by atoms with Gasteiger partial charge in [0.25, 0.3) is 5.91 Å². The number of fused-ring (bicyclic) bond motifs is 1. The lowest BCUT2D eigenvalue weighted by atomic mass is 10.2. The highest BCUT2D eigenvalue weighted by atomic mass is 32.2. The van der Waals surface area contributed by atoms with Gasteiger partial charge in [0, 0.05) is 31.0 Å². The molecular weight excluding hydrogens is 408 g/mol. The second-order valence-corrected chi connectivity index (χ2v) is 8.66. The van der Waals surface area contributed by atoms with E-state index in [4.69, 9.17) is 14.2 Å². The molecule has 2 aromatic rings. The summed E-state index contributed by atoms with van der Waals surface area (Å²) in [5.74, 6) is 0.515. The van der Waals surface area contributed by atoms with Crippen molar-refractivity contribution in [1.82, 2.24) is 4.90 Å². The standard InChI is InChI=1S/C21H22N2O6S/c1-27-17-8-7-15(13-18(17)28-2)23-14-20(21(24)22-9-11-29-12-10-22)30(25,26)19-6-4-3-5-16(19)23/h3-8,13-14H,9-12H2,1-2H3. The van der Waals surface area contributed by atoms with E-state index >= 15 is 0 Å². The maximum absolute atomic E-state index is 13.3. The highest BCUT2D eigenvalue weighted by molar-refractivity contribution is 7.96. The predicted molar refractivity (Wildman–Crippen MR) is 111 cm³/mol. The van der Waals surface area contributed by atoms with Gasteiger partial charge in [0.05, 0.1) is 38.0 Å². The zero-order valence-corrected chi connectivity index (χ0v) is 17.5. The van der Waals surface area contributed by atoms with Crippen LogP contribution in [0.3, 0.4) is 0 Å². The molecule has 0 aromatic heterocycles. The highest BCUT2D eigenvalue weighted by Crippen LogP contribution is 2.42. The average molecular weight is 430 g/mol. The molecule has 1 saturated heterocycles. The number of amides is 1. The van der Waals surface area contributed by atoms with Gasteiger partial charge < -0.3 is 24.0 Å². The summed E-state index contributed by atoms with van der Waals surface area (Å²) in [6.45, 7) is 1.47. The summed E-state index contributed by atoms with van der Waals surface area (Å²) >= 11 is 0. The molecule has 0 bridgehead atoms. The van der Waals surface area contributed by atoms with Crippen LogP contribution in [-0.4, -0.2) is 59.7 Å². The molecule has 158 valence electrons. The third-order valence-corrected chi connectivity index (χ3v) is 6.89. The van der Waals surface area contributed by atoms with Crippen molar-refractivity contribution in [2.75, 3.05) is 45.4 Å². The van der Waals surface area contributed by atoms with E-state index in [0.29, 0.717) is 49.2 Å². The van der Waals surface area contributed by atoms with Crippen LogP contribution in [0.2, 0.25) is 0 Å². The van der Waals surface area contributed by atoms with Crippen LogP contribution in [0, 0.1) is 0 Å². The Bertz CT molecular complexity index is 1110. The fourth-order valence-electron chi connectivity index (χ4n) is 3.54. The van der Waals surface area contributed by atoms with Gasteiger partial charge in [0.15, 0.2) is 16.4 Å². The Kier molecular flexibility index (Phi) is 5.40. The van der Waals surface area contributed by atoms with E-state index in [-0.39, 0.29) is 9.80 Å². The number of hydrogen-bond acceptors (Lipinski definition) is 7. The van der Waals surface area contributed by atoms with Crippen molar-refractivity contribution >= 4 is 27.1 Å². The molecule has 0 spiro atoms. The number of rotatable bonds is 4. The summed E-state index contributed by atoms with van der Waals surface area (Å²) < 4.78 is 42.5. The zero-order valence-electron chi connectivity index (χ0n) is 16.7. The Balaban J connectivity index is 1.85. The second kappa shape index (κ2) is 8.00. The third kappa shape index (κ3) is 3.40. The summed E-state index contributed by atoms with van der Waals surface area (Å²) in [6, 6.07) is 11.9. The van der Waals surface area contributed by atoms with Crippen molar-refractivity contribution in [2.45, 2.75) is 4.90 Å². The van der Waals surface area contributed by atoms with Gasteiger partial charge in [-0.1, -0.05) is 12.1 Å². The fraction of sp³-hybridized carbons (Fsp3) is 0.286. The number of sulfone groups is 1. The first kappa shape index (κ1) is 20.2. The molecule has 0 N–H and O–H groups in total. The van der Waals surface area contributed by atoms with E-state index in [1.165, 1.54) is 24.3 Å². The van der Waals surface area contributed by atoms with Gasteiger partial charge in [-0.05, 0) is 24.3 Å². The molecule has 0 radical (unpaired) electrons. The van der Waals surface area contributed by atoms with Crippen molar-refractivity contribution in [3.05, 3.63) is 53.6 Å². The lowest BCUT2D eigenvalue weighted by molar-refractivity contribution is -0.130. The van der Waals surface area contributed by atoms with Crippen LogP contribution in [0.1, 0.15) is 0 Å². The van der Waals surface area contributed by atoms with Gasteiger partial charge in [-0.3, -0.25) is 4.79 Å². The number of ether oxygens (including phenoxy) is 3. The van der Waals surface area contributed by atoms with Crippen molar-refractivity contribution in [1.29, 1.82) is 0 Å². The van der Waals surface area contributed by atoms with Crippen molar-refractivity contribution < 1.29 is 27.4 Å². The maximum Gasteiger partial charge on any atom is 0.267 e. The van der Waals surface area contributed by atoms with Crippen molar-refractivity contribution in [2.24, 2.45) is 0 Å². The smallest absolute Gasteiger partial charge is 0.267 e. The SMILES string of the molecule is COc1ccc(N2C=C(C(=O)N3CCOCC3)S(=O)(=O)c3ccccc32)cc1OC. The minimum Gasteiger partial charge on any atom is -0.493 e. The Labute approximate surface area is 175 Å². The van der Waals surface area contributed by atoms with Crippen LogP contribution in [-0.2, 0) is 19.4 Å². The first-order valence-electron chi connectivity index (χ1n) is 9.41. The fourth-order valence-corrected chi connectivity index (χ4v) is 5.08. The number of methoxy groups -OCH3 is 2. The summed E-state index contributed by atoms with van der Waals surface area (Å²) in [5.41, 5.74) is 1.10. The van der Waals surface area contributed by atoms with E-state index < -0.39 is 15.7 Å². The largest absolute Gasteiger partial charge is 0.493 e. The molecule has 0 saturated carbocycles. The third-order valence-electron chi connectivity index (χ3n) is 5.10. The quantitative estimate of drug-likeness (QED) is 0.736. The zero-order chi connectivity index (χ0) is 21.3. The molecule has 1 fully saturated rings. The van der Waals surface area contributed by atoms with E-state index in [2.05, 4.69) is 0 Å². The minimum absolute atomic E-state index is 0.0823. The topological polar surface area (TPSA) is 85.4 Å². The highest BCUT2D eigenvalue weighted by Gasteiger charge is 2.38. The molecule has 1 amide bonds. The van der Waals surface area contributed by atoms with Crippen molar-refractivity contribution in [3.63, 3.8) is 0 Å². The lowest BCUT2D eigenvalue weighted by Crippen LogP contribution is -2.43. The lowest BCUT2D eigenvalue weighted by Gasteiger charge is -2.32. The normalized spacial score (nSPS) is 17.7. The summed E-state index contributed by atoms with van der Waals surface area (Å²) in [7, 11) is -0.901. The number of nitrogens with zero attached hydrogens (tertiary/aromatic N) is 2. The minimum atomic E-state index is -3.97. The number of morpholine rings is 1. The molecular formula is C21H22N2O6S. The number of carbonyl (C=O) groups excluding carboxylic acids is 1. The molecule has 2 aliphatic rings. The molecule has 0 atom stereocenters. The van der Waals surface area contributed by atoms with Gasteiger partial charge in [-0.15, -0.1) is 0 Å². The van der Waals surface area contributed by atoms with Crippen LogP contribution in [0.4, 0.5) is 11.4 Å². The monoisotopic (exact) mass is 430 g/mol. The Morgan fingerprint density at radius 1 is 1.00 bits per heavy atom. The number of carbonyl (C=O) groups is 1. The number of anilines is 2. The maximum atomic E-state index is 13.3. The molecule has 8 nitrogen and oxygen atoms in total. The van der Waals surface area contributed by atoms with Gasteiger partial charge in [0.1, 0.15) is 0 Å². The number of hydrogen-bond donors (Lipinski definition) is 0. The Hall–Kier alpha value is -3.04. The molecule has 2 aliphatic heterocycles. The molecule has 9 heteroatoms. The molecule has 2 aromatic carbocycles. The molecule has 0 aliphatic carbocycles. The van der Waals surface area contributed by atoms with Gasteiger partial charge in [0.2, 0.25) is 9.84 Å². The van der Waals surface area contributed by atoms with Crippen LogP contribution >= 0.6 is 0 Å². The predicted octanol–water partition coefficient (Wildman–Crippen LogP) is 2.33. The van der Waals surface area contributed by atoms with Crippen molar-refractivity contribution in [3.8, 4) is 11.5 Å². The van der Waals surface area contributed by atoms with E-state index in [1.54, 1.807) is 48.4 Å². The molecule has 4 rings (SSSR count). The first-order valence-corrected chi connectivity index (χ1v) is 10.9. The Morgan fingerprint density at radius 2 is 1.70 bits per heavy atom. The average Bonchev–Trinajstić information content (AvgIpc) is 2.79. The summed E-state index contributed by atoms with van der Waals surface area (Å²) in [5, 5.41) is 0. The van der Waals surface area contributed by atoms with Gasteiger partial charge in [-0.25, -0.2) is 8.42 Å². The Morgan fingerprint density at radius 3 is 2.40 bits per heavy atom. The van der Waals surface area contributed by atoms with Gasteiger partial charge in [-0.2, -0.15) is 0 Å². The summed E-state index contributed by atoms with van der Waals surface area (Å²) in [6.07, 6.45) is 1.39. The van der Waals surface area contributed by atoms with Gasteiger partial charge >= 0.3 is 0 Å². The van der Waals surface area contributed by atoms with Crippen LogP contribution < -0.4 is 14.4 Å². The molecule has 0 unspecified atom stereocenters. The number of benzene rings is 2. The summed E-state index contributed by atoms with van der Waals surface area (Å²) in [4.78, 5) is 16.1. The first-order chi connectivity index (χ1) is 14.5. The van der Waals surface area contributed by atoms with E-state index in [9.17, 15) is 13.2 Å². The number of para-hydroxylation sites is 1. The van der Waals surface area contributed by atoms with Crippen LogP contribution in [0.15, 0.2) is 58.5 Å².